The predicted octanol–water partition coefficient (Wildman–Crippen LogP) is 17.1. The summed E-state index contributed by atoms with van der Waals surface area (Å²) in [6.07, 6.45) is 8.63. The Bertz CT molecular complexity index is 3330. The molecule has 2 aliphatic rings. The van der Waals surface area contributed by atoms with E-state index in [0.717, 1.165) is 106 Å². The van der Waals surface area contributed by atoms with E-state index in [1.165, 1.54) is 16.7 Å². The maximum atomic E-state index is 13.0. The lowest BCUT2D eigenvalue weighted by molar-refractivity contribution is -0.111. The third-order valence-corrected chi connectivity index (χ3v) is 13.9. The van der Waals surface area contributed by atoms with Crippen LogP contribution in [0.2, 0.25) is 0 Å². The summed E-state index contributed by atoms with van der Waals surface area (Å²) in [6, 6.07) is 39.8. The van der Waals surface area contributed by atoms with Crippen molar-refractivity contribution in [3.63, 3.8) is 0 Å². The van der Waals surface area contributed by atoms with Gasteiger partial charge in [-0.05, 0) is 144 Å². The predicted molar refractivity (Wildman–Crippen MR) is 295 cm³/mol. The maximum absolute atomic E-state index is 13.0. The van der Waals surface area contributed by atoms with E-state index in [2.05, 4.69) is 233 Å². The van der Waals surface area contributed by atoms with Gasteiger partial charge in [-0.25, -0.2) is 9.97 Å². The minimum atomic E-state index is -0.413. The average Bonchev–Trinajstić information content (AvgIpc) is 4.12. The lowest BCUT2D eigenvalue weighted by atomic mass is 9.81. The molecular weight excluding hydrogens is 864 g/mol. The molecule has 5 nitrogen and oxygen atoms in total. The van der Waals surface area contributed by atoms with E-state index in [0.29, 0.717) is 0 Å². The van der Waals surface area contributed by atoms with Gasteiger partial charge < -0.3 is 9.97 Å². The van der Waals surface area contributed by atoms with Crippen LogP contribution in [-0.2, 0) is 32.9 Å². The van der Waals surface area contributed by atoms with Gasteiger partial charge in [0.25, 0.3) is 0 Å². The van der Waals surface area contributed by atoms with Gasteiger partial charge >= 0.3 is 0 Å². The Labute approximate surface area is 413 Å². The smallest absolute Gasteiger partial charge is 0.226 e. The van der Waals surface area contributed by atoms with Crippen LogP contribution in [0, 0.1) is 6.92 Å². The Balaban J connectivity index is 1.46. The SMILES string of the molecule is Cc1cc(C(C)(C)C)cc(CC(=O)Cl)c1-c1c2nc(c(-c3ccc(C(C)(C)C)cc3)c3ccc([nH]3)c(-c3ccc(C(C)(C)C)cc3)c3nc(c(-c4ccc(C(C)(C)C)cc4)c4ccc1[nH]4)C=C3)C=C2. The van der Waals surface area contributed by atoms with Crippen molar-refractivity contribution in [2.75, 3.05) is 0 Å². The third kappa shape index (κ3) is 9.47. The lowest BCUT2D eigenvalue weighted by Gasteiger charge is -2.23. The van der Waals surface area contributed by atoms with Crippen molar-refractivity contribution in [1.29, 1.82) is 0 Å². The van der Waals surface area contributed by atoms with Crippen molar-refractivity contribution >= 4 is 63.2 Å². The van der Waals surface area contributed by atoms with E-state index in [-0.39, 0.29) is 28.1 Å². The fourth-order valence-electron chi connectivity index (χ4n) is 9.73. The van der Waals surface area contributed by atoms with Crippen molar-refractivity contribution in [3.05, 3.63) is 165 Å². The second-order valence-corrected chi connectivity index (χ2v) is 23.5. The summed E-state index contributed by atoms with van der Waals surface area (Å²) in [5.41, 5.74) is 21.6. The molecule has 0 radical (unpaired) electrons. The van der Waals surface area contributed by atoms with Gasteiger partial charge in [0, 0.05) is 50.7 Å². The van der Waals surface area contributed by atoms with E-state index in [4.69, 9.17) is 21.6 Å². The Hall–Kier alpha value is -6.56. The van der Waals surface area contributed by atoms with Crippen LogP contribution in [-0.4, -0.2) is 25.2 Å². The molecule has 0 saturated heterocycles. The Kier molecular flexibility index (Phi) is 12.0. The molecule has 0 spiro atoms. The molecule has 0 amide bonds. The third-order valence-electron chi connectivity index (χ3n) is 13.7. The fraction of sp³-hybridized carbons (Fsp3) is 0.286. The highest BCUT2D eigenvalue weighted by atomic mass is 35.5. The second-order valence-electron chi connectivity index (χ2n) is 23.1. The largest absolute Gasteiger partial charge is 0.354 e. The molecule has 350 valence electrons. The Morgan fingerprint density at radius 3 is 1.03 bits per heavy atom. The Morgan fingerprint density at radius 1 is 0.420 bits per heavy atom. The molecule has 0 aliphatic carbocycles. The molecule has 6 heteroatoms. The van der Waals surface area contributed by atoms with Gasteiger partial charge in [0.05, 0.1) is 22.8 Å². The van der Waals surface area contributed by atoms with Gasteiger partial charge in [-0.15, -0.1) is 0 Å². The fourth-order valence-corrected chi connectivity index (χ4v) is 9.87. The van der Waals surface area contributed by atoms with Crippen LogP contribution in [0.15, 0.2) is 109 Å². The van der Waals surface area contributed by atoms with Crippen LogP contribution in [0.5, 0.6) is 0 Å². The number of aromatic nitrogens is 4. The molecular formula is C63H65ClN4O. The van der Waals surface area contributed by atoms with Gasteiger partial charge in [0.15, 0.2) is 0 Å². The number of carbonyl (C=O) groups is 1. The van der Waals surface area contributed by atoms with E-state index < -0.39 is 5.24 Å². The van der Waals surface area contributed by atoms with Crippen molar-refractivity contribution in [3.8, 4) is 44.5 Å². The summed E-state index contributed by atoms with van der Waals surface area (Å²) in [7, 11) is 0. The summed E-state index contributed by atoms with van der Waals surface area (Å²) in [4.78, 5) is 32.0. The zero-order valence-corrected chi connectivity index (χ0v) is 43.3. The first-order valence-electron chi connectivity index (χ1n) is 24.3. The van der Waals surface area contributed by atoms with E-state index >= 15 is 0 Å². The molecule has 0 unspecified atom stereocenters. The normalized spacial score (nSPS) is 13.1. The molecule has 0 saturated carbocycles. The quantitative estimate of drug-likeness (QED) is 0.163. The zero-order chi connectivity index (χ0) is 49.4. The molecule has 4 aromatic carbocycles. The van der Waals surface area contributed by atoms with Gasteiger partial charge in [-0.2, -0.15) is 0 Å². The molecule has 5 heterocycles. The number of aryl methyl sites for hydroxylation is 1. The molecule has 2 N–H and O–H groups in total. The Morgan fingerprint density at radius 2 is 0.725 bits per heavy atom. The average molecular weight is 930 g/mol. The van der Waals surface area contributed by atoms with Crippen LogP contribution in [0.3, 0.4) is 0 Å². The minimum absolute atomic E-state index is 0.00304. The van der Waals surface area contributed by atoms with E-state index in [1.54, 1.807) is 0 Å². The van der Waals surface area contributed by atoms with Crippen LogP contribution in [0.4, 0.5) is 0 Å². The number of rotatable bonds is 6. The first kappa shape index (κ1) is 47.5. The molecule has 0 fully saturated rings. The van der Waals surface area contributed by atoms with Gasteiger partial charge in [-0.1, -0.05) is 168 Å². The first-order valence-corrected chi connectivity index (χ1v) is 24.6. The first-order chi connectivity index (χ1) is 32.4. The highest BCUT2D eigenvalue weighted by Crippen LogP contribution is 2.42. The summed E-state index contributed by atoms with van der Waals surface area (Å²) >= 11 is 6.32. The van der Waals surface area contributed by atoms with Crippen LogP contribution >= 0.6 is 11.6 Å². The topological polar surface area (TPSA) is 74.4 Å². The summed E-state index contributed by atoms with van der Waals surface area (Å²) in [6.45, 7) is 28.9. The highest BCUT2D eigenvalue weighted by molar-refractivity contribution is 6.63. The number of benzene rings is 4. The molecule has 0 atom stereocenters. The van der Waals surface area contributed by atoms with Crippen LogP contribution in [0.1, 0.15) is 139 Å². The van der Waals surface area contributed by atoms with Crippen molar-refractivity contribution in [2.45, 2.75) is 118 Å². The van der Waals surface area contributed by atoms with Gasteiger partial charge in [0.1, 0.15) is 0 Å². The lowest BCUT2D eigenvalue weighted by Crippen LogP contribution is -2.13. The number of carbonyl (C=O) groups excluding carboxylic acids is 1. The number of hydrogen-bond acceptors (Lipinski definition) is 3. The molecule has 8 bridgehead atoms. The van der Waals surface area contributed by atoms with E-state index in [9.17, 15) is 4.79 Å². The standard InChI is InChI=1S/C63H65ClN4O/c1-37-34-45(63(11,12)13)35-41(36-54(64)69)55(37)59-52-32-30-50(67-52)57(39-16-22-43(23-17-39)61(5,6)7)48-28-26-46(65-48)56(38-14-20-42(21-15-38)60(2,3)4)47-27-29-49(66-47)58(51-31-33-53(59)68-51)40-18-24-44(25-19-40)62(8,9)10/h14-35,65,68H,36H2,1-13H3. The number of fused-ring (bicyclic) bond motifs is 8. The number of hydrogen-bond donors (Lipinski definition) is 2. The highest BCUT2D eigenvalue weighted by Gasteiger charge is 2.25. The monoisotopic (exact) mass is 928 g/mol. The van der Waals surface area contributed by atoms with E-state index in [1.807, 2.05) is 0 Å². The number of aromatic amines is 2. The molecule has 9 rings (SSSR count). The number of H-pyrrole nitrogens is 2. The maximum Gasteiger partial charge on any atom is 0.226 e. The summed E-state index contributed by atoms with van der Waals surface area (Å²) in [5.74, 6) is 0. The minimum Gasteiger partial charge on any atom is -0.354 e. The van der Waals surface area contributed by atoms with Gasteiger partial charge in [-0.3, -0.25) is 4.79 Å². The molecule has 7 aromatic rings. The molecule has 2 aliphatic heterocycles. The van der Waals surface area contributed by atoms with Crippen molar-refractivity contribution in [2.24, 2.45) is 0 Å². The number of halogens is 1. The second kappa shape index (κ2) is 17.4. The molecule has 69 heavy (non-hydrogen) atoms. The zero-order valence-electron chi connectivity index (χ0n) is 42.6. The van der Waals surface area contributed by atoms with Crippen molar-refractivity contribution in [1.82, 2.24) is 19.9 Å². The molecule has 3 aromatic heterocycles. The summed E-state index contributed by atoms with van der Waals surface area (Å²) in [5, 5.41) is -0.413. The van der Waals surface area contributed by atoms with Crippen molar-refractivity contribution < 1.29 is 4.79 Å². The van der Waals surface area contributed by atoms with Crippen LogP contribution < -0.4 is 0 Å². The number of nitrogens with zero attached hydrogens (tertiary/aromatic N) is 2. The summed E-state index contributed by atoms with van der Waals surface area (Å²) < 4.78 is 0. The number of nitrogens with one attached hydrogen (secondary N) is 2. The van der Waals surface area contributed by atoms with Gasteiger partial charge in [0.2, 0.25) is 5.24 Å². The van der Waals surface area contributed by atoms with Crippen LogP contribution in [0.25, 0.3) is 90.9 Å².